The Kier molecular flexibility index (Phi) is 2.67. The zero-order chi connectivity index (χ0) is 7.23. The Bertz CT molecular complexity index is 176. The fourth-order valence-corrected chi connectivity index (χ4v) is 0.504. The molecular formula is C7H9N2O. The van der Waals surface area contributed by atoms with Crippen molar-refractivity contribution in [2.75, 3.05) is 0 Å². The predicted octanol–water partition coefficient (Wildman–Crippen LogP) is 1.43. The second-order valence-electron chi connectivity index (χ2n) is 1.72. The van der Waals surface area contributed by atoms with Gasteiger partial charge in [0.05, 0.1) is 0 Å². The summed E-state index contributed by atoms with van der Waals surface area (Å²) in [5.41, 5.74) is 0. The van der Waals surface area contributed by atoms with E-state index in [4.69, 9.17) is 4.74 Å². The number of aromatic nitrogens is 2. The molecular weight excluding hydrogens is 128 g/mol. The molecule has 0 saturated heterocycles. The summed E-state index contributed by atoms with van der Waals surface area (Å²) >= 11 is 0. The molecule has 0 atom stereocenters. The smallest absolute Gasteiger partial charge is 0.316 e. The van der Waals surface area contributed by atoms with E-state index >= 15 is 0 Å². The molecule has 1 heterocycles. The van der Waals surface area contributed by atoms with Crippen molar-refractivity contribution >= 4 is 0 Å². The van der Waals surface area contributed by atoms with Gasteiger partial charge >= 0.3 is 6.01 Å². The second kappa shape index (κ2) is 3.82. The molecule has 0 bridgehead atoms. The number of rotatable bonds is 3. The molecule has 0 N–H and O–H groups in total. The topological polar surface area (TPSA) is 35.0 Å². The van der Waals surface area contributed by atoms with Crippen molar-refractivity contribution in [3.05, 3.63) is 25.1 Å². The quantitative estimate of drug-likeness (QED) is 0.632. The minimum Gasteiger partial charge on any atom is -0.456 e. The van der Waals surface area contributed by atoms with E-state index in [1.165, 1.54) is 0 Å². The van der Waals surface area contributed by atoms with Gasteiger partial charge in [0.15, 0.2) is 0 Å². The zero-order valence-electron chi connectivity index (χ0n) is 5.82. The molecule has 0 unspecified atom stereocenters. The molecule has 3 nitrogen and oxygen atoms in total. The molecule has 1 aromatic rings. The van der Waals surface area contributed by atoms with Gasteiger partial charge in [0.2, 0.25) is 0 Å². The van der Waals surface area contributed by atoms with Gasteiger partial charge in [-0.2, -0.15) is 0 Å². The Morgan fingerprint density at radius 1 is 1.50 bits per heavy atom. The van der Waals surface area contributed by atoms with Gasteiger partial charge in [-0.05, 0) is 12.5 Å². The van der Waals surface area contributed by atoms with Crippen LogP contribution in [0.2, 0.25) is 0 Å². The maximum atomic E-state index is 5.01. The standard InChI is InChI=1S/C7H9N2O/c1-2-6-10-7-8-4-3-5-9-7/h3-6H,2H2,1H3. The van der Waals surface area contributed by atoms with Crippen LogP contribution in [0.1, 0.15) is 13.3 Å². The van der Waals surface area contributed by atoms with E-state index in [9.17, 15) is 0 Å². The van der Waals surface area contributed by atoms with Crippen molar-refractivity contribution in [2.24, 2.45) is 0 Å². The van der Waals surface area contributed by atoms with E-state index < -0.39 is 0 Å². The Balaban J connectivity index is 2.43. The minimum absolute atomic E-state index is 0.407. The lowest BCUT2D eigenvalue weighted by molar-refractivity contribution is 0.366. The third-order valence-electron chi connectivity index (χ3n) is 0.897. The molecule has 10 heavy (non-hydrogen) atoms. The Morgan fingerprint density at radius 3 is 2.80 bits per heavy atom. The van der Waals surface area contributed by atoms with Crippen LogP contribution in [0.15, 0.2) is 18.5 Å². The van der Waals surface area contributed by atoms with E-state index in [0.717, 1.165) is 6.42 Å². The van der Waals surface area contributed by atoms with Crippen molar-refractivity contribution < 1.29 is 4.74 Å². The number of hydrogen-bond acceptors (Lipinski definition) is 3. The molecule has 0 saturated carbocycles. The summed E-state index contributed by atoms with van der Waals surface area (Å²) in [5.74, 6) is 0. The van der Waals surface area contributed by atoms with Crippen LogP contribution in [0.4, 0.5) is 0 Å². The largest absolute Gasteiger partial charge is 0.456 e. The molecule has 0 amide bonds. The van der Waals surface area contributed by atoms with Crippen LogP contribution >= 0.6 is 0 Å². The summed E-state index contributed by atoms with van der Waals surface area (Å²) in [6.45, 7) is 3.65. The first-order valence-electron chi connectivity index (χ1n) is 3.19. The summed E-state index contributed by atoms with van der Waals surface area (Å²) < 4.78 is 5.01. The molecule has 0 aromatic carbocycles. The number of ether oxygens (including phenoxy) is 1. The van der Waals surface area contributed by atoms with Crippen LogP contribution in [0, 0.1) is 6.61 Å². The van der Waals surface area contributed by atoms with Gasteiger partial charge in [0, 0.05) is 12.4 Å². The first-order valence-corrected chi connectivity index (χ1v) is 3.19. The highest BCUT2D eigenvalue weighted by Crippen LogP contribution is 1.99. The van der Waals surface area contributed by atoms with Crippen LogP contribution in [-0.2, 0) is 0 Å². The monoisotopic (exact) mass is 137 g/mol. The lowest BCUT2D eigenvalue weighted by Gasteiger charge is -1.97. The van der Waals surface area contributed by atoms with Gasteiger partial charge in [-0.1, -0.05) is 6.92 Å². The Hall–Kier alpha value is -1.12. The average molecular weight is 137 g/mol. The summed E-state index contributed by atoms with van der Waals surface area (Å²) in [6, 6.07) is 2.16. The number of nitrogens with zero attached hydrogens (tertiary/aromatic N) is 2. The van der Waals surface area contributed by atoms with Crippen molar-refractivity contribution in [1.29, 1.82) is 0 Å². The van der Waals surface area contributed by atoms with Gasteiger partial charge < -0.3 is 4.74 Å². The van der Waals surface area contributed by atoms with E-state index in [0.29, 0.717) is 6.01 Å². The van der Waals surface area contributed by atoms with Crippen LogP contribution < -0.4 is 4.74 Å². The van der Waals surface area contributed by atoms with Crippen molar-refractivity contribution in [1.82, 2.24) is 9.97 Å². The minimum atomic E-state index is 0.407. The highest BCUT2D eigenvalue weighted by molar-refractivity contribution is 4.93. The fourth-order valence-electron chi connectivity index (χ4n) is 0.504. The molecule has 0 aliphatic heterocycles. The lowest BCUT2D eigenvalue weighted by atomic mass is 10.5. The van der Waals surface area contributed by atoms with E-state index in [-0.39, 0.29) is 0 Å². The lowest BCUT2D eigenvalue weighted by Crippen LogP contribution is -1.92. The summed E-state index contributed by atoms with van der Waals surface area (Å²) in [7, 11) is 0. The molecule has 3 heteroatoms. The fraction of sp³-hybridized carbons (Fsp3) is 0.286. The van der Waals surface area contributed by atoms with Gasteiger partial charge in [-0.15, -0.1) is 0 Å². The van der Waals surface area contributed by atoms with Crippen molar-refractivity contribution in [3.8, 4) is 6.01 Å². The van der Waals surface area contributed by atoms with E-state index in [1.54, 1.807) is 25.1 Å². The van der Waals surface area contributed by atoms with Crippen molar-refractivity contribution in [3.63, 3.8) is 0 Å². The maximum Gasteiger partial charge on any atom is 0.316 e. The Morgan fingerprint density at radius 2 is 2.20 bits per heavy atom. The maximum absolute atomic E-state index is 5.01. The van der Waals surface area contributed by atoms with Crippen LogP contribution in [0.5, 0.6) is 6.01 Å². The third-order valence-corrected chi connectivity index (χ3v) is 0.897. The molecule has 1 rings (SSSR count). The molecule has 0 fully saturated rings. The third kappa shape index (κ3) is 2.01. The molecule has 53 valence electrons. The van der Waals surface area contributed by atoms with Crippen LogP contribution in [0.25, 0.3) is 0 Å². The highest BCUT2D eigenvalue weighted by Gasteiger charge is 1.90. The van der Waals surface area contributed by atoms with Crippen LogP contribution in [0.3, 0.4) is 0 Å². The molecule has 0 aliphatic rings. The first-order chi connectivity index (χ1) is 4.93. The summed E-state index contributed by atoms with van der Waals surface area (Å²) in [4.78, 5) is 7.70. The van der Waals surface area contributed by atoms with Gasteiger partial charge in [0.1, 0.15) is 6.61 Å². The molecule has 1 aromatic heterocycles. The Labute approximate surface area is 60.1 Å². The molecule has 0 aliphatic carbocycles. The van der Waals surface area contributed by atoms with Gasteiger partial charge in [-0.25, -0.2) is 9.97 Å². The van der Waals surface area contributed by atoms with Crippen molar-refractivity contribution in [2.45, 2.75) is 13.3 Å². The molecule has 0 spiro atoms. The second-order valence-corrected chi connectivity index (χ2v) is 1.72. The summed E-state index contributed by atoms with van der Waals surface area (Å²) in [5, 5.41) is 0. The first kappa shape index (κ1) is 6.99. The van der Waals surface area contributed by atoms with Gasteiger partial charge in [-0.3, -0.25) is 0 Å². The predicted molar refractivity (Wildman–Crippen MR) is 37.3 cm³/mol. The number of hydrogen-bond donors (Lipinski definition) is 0. The molecule has 1 radical (unpaired) electrons. The van der Waals surface area contributed by atoms with Gasteiger partial charge in [0.25, 0.3) is 0 Å². The average Bonchev–Trinajstić information content (AvgIpc) is 2.03. The van der Waals surface area contributed by atoms with Crippen LogP contribution in [-0.4, -0.2) is 9.97 Å². The zero-order valence-corrected chi connectivity index (χ0v) is 5.82. The summed E-state index contributed by atoms with van der Waals surface area (Å²) in [6.07, 6.45) is 4.15. The highest BCUT2D eigenvalue weighted by atomic mass is 16.5. The van der Waals surface area contributed by atoms with E-state index in [2.05, 4.69) is 9.97 Å². The normalized spacial score (nSPS) is 9.30. The SMILES string of the molecule is CC[CH]Oc1ncccn1. The van der Waals surface area contributed by atoms with E-state index in [1.807, 2.05) is 6.92 Å².